The van der Waals surface area contributed by atoms with E-state index in [4.69, 9.17) is 5.26 Å². The summed E-state index contributed by atoms with van der Waals surface area (Å²) in [4.78, 5) is 21.4. The highest BCUT2D eigenvalue weighted by Gasteiger charge is 2.06. The van der Waals surface area contributed by atoms with Crippen molar-refractivity contribution in [2.45, 2.75) is 6.42 Å². The van der Waals surface area contributed by atoms with Crippen molar-refractivity contribution in [1.82, 2.24) is 0 Å². The summed E-state index contributed by atoms with van der Waals surface area (Å²) >= 11 is 0. The molecule has 0 N–H and O–H groups in total. The van der Waals surface area contributed by atoms with Gasteiger partial charge in [0.05, 0.1) is 13.2 Å². The molecule has 0 aromatic carbocycles. The Bertz CT molecular complexity index is 314. The van der Waals surface area contributed by atoms with Gasteiger partial charge in [0.15, 0.2) is 0 Å². The number of nitrogens with zero attached hydrogens (tertiary/aromatic N) is 1. The SMILES string of the molecule is C=CC(=O)OCCCOC(=O)C(=C)C#N. The van der Waals surface area contributed by atoms with Crippen molar-refractivity contribution in [3.63, 3.8) is 0 Å². The topological polar surface area (TPSA) is 76.4 Å². The second-order valence-corrected chi connectivity index (χ2v) is 2.45. The first kappa shape index (κ1) is 12.9. The summed E-state index contributed by atoms with van der Waals surface area (Å²) in [6.45, 7) is 6.60. The van der Waals surface area contributed by atoms with Crippen LogP contribution < -0.4 is 0 Å². The molecule has 0 saturated carbocycles. The molecule has 0 aliphatic carbocycles. The van der Waals surface area contributed by atoms with Crippen LogP contribution in [0.5, 0.6) is 0 Å². The molecule has 15 heavy (non-hydrogen) atoms. The average Bonchev–Trinajstić information content (AvgIpc) is 2.26. The first-order chi connectivity index (χ1) is 7.11. The van der Waals surface area contributed by atoms with Crippen LogP contribution in [0, 0.1) is 11.3 Å². The number of rotatable bonds is 6. The molecule has 0 heterocycles. The van der Waals surface area contributed by atoms with Crippen LogP contribution in [0.25, 0.3) is 0 Å². The Morgan fingerprint density at radius 2 is 1.93 bits per heavy atom. The fourth-order valence-corrected chi connectivity index (χ4v) is 0.588. The van der Waals surface area contributed by atoms with E-state index in [1.807, 2.05) is 0 Å². The maximum absolute atomic E-state index is 10.9. The second kappa shape index (κ2) is 7.33. The Labute approximate surface area is 87.6 Å². The van der Waals surface area contributed by atoms with E-state index in [0.717, 1.165) is 6.08 Å². The van der Waals surface area contributed by atoms with Crippen LogP contribution >= 0.6 is 0 Å². The van der Waals surface area contributed by atoms with Gasteiger partial charge in [-0.1, -0.05) is 13.2 Å². The molecule has 0 amide bonds. The van der Waals surface area contributed by atoms with Crippen LogP contribution in [-0.2, 0) is 19.1 Å². The Morgan fingerprint density at radius 1 is 1.33 bits per heavy atom. The average molecular weight is 209 g/mol. The summed E-state index contributed by atoms with van der Waals surface area (Å²) in [7, 11) is 0. The molecule has 0 aromatic heterocycles. The molecule has 0 fully saturated rings. The Balaban J connectivity index is 3.52. The minimum atomic E-state index is -0.757. The summed E-state index contributed by atoms with van der Waals surface area (Å²) in [5, 5.41) is 8.28. The molecular weight excluding hydrogens is 198 g/mol. The monoisotopic (exact) mass is 209 g/mol. The van der Waals surface area contributed by atoms with Gasteiger partial charge in [-0.05, 0) is 0 Å². The number of hydrogen-bond donors (Lipinski definition) is 0. The van der Waals surface area contributed by atoms with Crippen LogP contribution in [0.4, 0.5) is 0 Å². The molecular formula is C10H11NO4. The smallest absolute Gasteiger partial charge is 0.348 e. The van der Waals surface area contributed by atoms with Crippen LogP contribution in [0.3, 0.4) is 0 Å². The zero-order chi connectivity index (χ0) is 11.7. The van der Waals surface area contributed by atoms with Crippen molar-refractivity contribution < 1.29 is 19.1 Å². The van der Waals surface area contributed by atoms with Gasteiger partial charge in [-0.2, -0.15) is 5.26 Å². The predicted octanol–water partition coefficient (Wildman–Crippen LogP) is 0.729. The molecule has 0 aliphatic heterocycles. The third kappa shape index (κ3) is 6.05. The van der Waals surface area contributed by atoms with Crippen molar-refractivity contribution in [2.75, 3.05) is 13.2 Å². The Hall–Kier alpha value is -2.09. The van der Waals surface area contributed by atoms with E-state index in [0.29, 0.717) is 6.42 Å². The second-order valence-electron chi connectivity index (χ2n) is 2.45. The number of esters is 2. The lowest BCUT2D eigenvalue weighted by molar-refractivity contribution is -0.140. The highest BCUT2D eigenvalue weighted by atomic mass is 16.5. The largest absolute Gasteiger partial charge is 0.462 e. The van der Waals surface area contributed by atoms with E-state index < -0.39 is 11.9 Å². The van der Waals surface area contributed by atoms with E-state index in [2.05, 4.69) is 22.6 Å². The van der Waals surface area contributed by atoms with Crippen molar-refractivity contribution >= 4 is 11.9 Å². The summed E-state index contributed by atoms with van der Waals surface area (Å²) in [6.07, 6.45) is 1.41. The molecule has 0 unspecified atom stereocenters. The Kier molecular flexibility index (Phi) is 6.31. The molecule has 5 nitrogen and oxygen atoms in total. The van der Waals surface area contributed by atoms with E-state index >= 15 is 0 Å². The molecule has 5 heteroatoms. The number of hydrogen-bond acceptors (Lipinski definition) is 5. The molecule has 0 aliphatic rings. The van der Waals surface area contributed by atoms with Gasteiger partial charge >= 0.3 is 11.9 Å². The van der Waals surface area contributed by atoms with Crippen molar-refractivity contribution in [3.8, 4) is 6.07 Å². The molecule has 0 bridgehead atoms. The first-order valence-corrected chi connectivity index (χ1v) is 4.17. The minimum absolute atomic E-state index is 0.0734. The van der Waals surface area contributed by atoms with Crippen molar-refractivity contribution in [2.24, 2.45) is 0 Å². The van der Waals surface area contributed by atoms with E-state index in [1.165, 1.54) is 0 Å². The maximum Gasteiger partial charge on any atom is 0.348 e. The molecule has 80 valence electrons. The zero-order valence-electron chi connectivity index (χ0n) is 8.19. The summed E-state index contributed by atoms with van der Waals surface area (Å²) in [5.41, 5.74) is -0.252. The van der Waals surface area contributed by atoms with Crippen LogP contribution in [0.15, 0.2) is 24.8 Å². The molecule has 0 radical (unpaired) electrons. The fraction of sp³-hybridized carbons (Fsp3) is 0.300. The molecule has 0 aromatic rings. The lowest BCUT2D eigenvalue weighted by Crippen LogP contribution is -2.10. The quantitative estimate of drug-likeness (QED) is 0.279. The van der Waals surface area contributed by atoms with Gasteiger partial charge < -0.3 is 9.47 Å². The van der Waals surface area contributed by atoms with Crippen LogP contribution in [0.2, 0.25) is 0 Å². The summed E-state index contributed by atoms with van der Waals surface area (Å²) < 4.78 is 9.26. The van der Waals surface area contributed by atoms with Crippen LogP contribution in [-0.4, -0.2) is 25.2 Å². The van der Waals surface area contributed by atoms with Crippen molar-refractivity contribution in [1.29, 1.82) is 5.26 Å². The van der Waals surface area contributed by atoms with Gasteiger partial charge in [0, 0.05) is 12.5 Å². The third-order valence-electron chi connectivity index (χ3n) is 1.31. The maximum atomic E-state index is 10.9. The number of ether oxygens (including phenoxy) is 2. The molecule has 0 spiro atoms. The minimum Gasteiger partial charge on any atom is -0.462 e. The lowest BCUT2D eigenvalue weighted by atomic mass is 10.3. The van der Waals surface area contributed by atoms with Gasteiger partial charge in [0.25, 0.3) is 0 Å². The molecule has 0 rings (SSSR count). The van der Waals surface area contributed by atoms with Gasteiger partial charge in [0.1, 0.15) is 11.6 Å². The fourth-order valence-electron chi connectivity index (χ4n) is 0.588. The predicted molar refractivity (Wildman–Crippen MR) is 51.5 cm³/mol. The molecule has 0 atom stereocenters. The van der Waals surface area contributed by atoms with Crippen LogP contribution in [0.1, 0.15) is 6.42 Å². The van der Waals surface area contributed by atoms with E-state index in [-0.39, 0.29) is 18.8 Å². The highest BCUT2D eigenvalue weighted by molar-refractivity contribution is 5.91. The summed E-state index contributed by atoms with van der Waals surface area (Å²) in [5.74, 6) is -1.28. The molecule has 0 saturated heterocycles. The number of nitriles is 1. The normalized spacial score (nSPS) is 8.47. The third-order valence-corrected chi connectivity index (χ3v) is 1.31. The van der Waals surface area contributed by atoms with Gasteiger partial charge in [0.2, 0.25) is 0 Å². The first-order valence-electron chi connectivity index (χ1n) is 4.17. The van der Waals surface area contributed by atoms with E-state index in [1.54, 1.807) is 6.07 Å². The Morgan fingerprint density at radius 3 is 2.47 bits per heavy atom. The van der Waals surface area contributed by atoms with Gasteiger partial charge in [-0.3, -0.25) is 0 Å². The number of carbonyl (C=O) groups is 2. The lowest BCUT2D eigenvalue weighted by Gasteiger charge is -2.03. The van der Waals surface area contributed by atoms with E-state index in [9.17, 15) is 9.59 Å². The highest BCUT2D eigenvalue weighted by Crippen LogP contribution is 1.94. The zero-order valence-corrected chi connectivity index (χ0v) is 8.19. The standard InChI is InChI=1S/C10H11NO4/c1-3-9(12)14-5-4-6-15-10(13)8(2)7-11/h3H,1-2,4-6H2. The van der Waals surface area contributed by atoms with Gasteiger partial charge in [-0.15, -0.1) is 0 Å². The summed E-state index contributed by atoms with van der Waals surface area (Å²) in [6, 6.07) is 1.57. The number of carbonyl (C=O) groups excluding carboxylic acids is 2. The van der Waals surface area contributed by atoms with Crippen molar-refractivity contribution in [3.05, 3.63) is 24.8 Å². The van der Waals surface area contributed by atoms with Gasteiger partial charge in [-0.25, -0.2) is 9.59 Å².